The van der Waals surface area contributed by atoms with Crippen LogP contribution in [0.5, 0.6) is 0 Å². The van der Waals surface area contributed by atoms with Gasteiger partial charge in [0.05, 0.1) is 11.7 Å². The molecule has 2 heterocycles. The van der Waals surface area contributed by atoms with Crippen molar-refractivity contribution < 1.29 is 9.59 Å². The predicted octanol–water partition coefficient (Wildman–Crippen LogP) is -0.277. The van der Waals surface area contributed by atoms with Crippen LogP contribution in [0.15, 0.2) is 24.4 Å². The Bertz CT molecular complexity index is 681. The van der Waals surface area contributed by atoms with Gasteiger partial charge in [-0.15, -0.1) is 0 Å². The molecule has 0 spiro atoms. The molecule has 1 unspecified atom stereocenters. The molecule has 0 radical (unpaired) electrons. The minimum Gasteiger partial charge on any atom is -0.357 e. The Hall–Kier alpha value is -2.41. The molecule has 2 aromatic rings. The first-order valence-electron chi connectivity index (χ1n) is 6.87. The second-order valence-corrected chi connectivity index (χ2v) is 5.00. The Morgan fingerprint density at radius 2 is 2.29 bits per heavy atom. The van der Waals surface area contributed by atoms with Gasteiger partial charge in [-0.2, -0.15) is 5.10 Å². The molecule has 110 valence electrons. The molecular formula is C14H17N5O2. The maximum Gasteiger partial charge on any atom is 0.254 e. The molecule has 0 aliphatic carbocycles. The Morgan fingerprint density at radius 3 is 3.10 bits per heavy atom. The normalized spacial score (nSPS) is 18.7. The average Bonchev–Trinajstić information content (AvgIpc) is 3.01. The highest BCUT2D eigenvalue weighted by atomic mass is 16.2. The molecule has 3 rings (SSSR count). The summed E-state index contributed by atoms with van der Waals surface area (Å²) in [6, 6.07) is 4.91. The SMILES string of the molecule is CNC(=O)C1CNCCN1C(=O)c1ccc2cn[nH]c2c1. The lowest BCUT2D eigenvalue weighted by molar-refractivity contribution is -0.125. The van der Waals surface area contributed by atoms with E-state index < -0.39 is 6.04 Å². The fourth-order valence-electron chi connectivity index (χ4n) is 2.58. The van der Waals surface area contributed by atoms with Crippen LogP contribution in [0.3, 0.4) is 0 Å². The molecule has 1 aromatic heterocycles. The highest BCUT2D eigenvalue weighted by Crippen LogP contribution is 2.16. The van der Waals surface area contributed by atoms with Crippen LogP contribution in [0.2, 0.25) is 0 Å². The first-order valence-corrected chi connectivity index (χ1v) is 6.87. The molecule has 1 fully saturated rings. The summed E-state index contributed by atoms with van der Waals surface area (Å²) in [7, 11) is 1.58. The van der Waals surface area contributed by atoms with E-state index in [-0.39, 0.29) is 11.8 Å². The van der Waals surface area contributed by atoms with E-state index in [2.05, 4.69) is 20.8 Å². The number of carbonyl (C=O) groups is 2. The fourth-order valence-corrected chi connectivity index (χ4v) is 2.58. The minimum absolute atomic E-state index is 0.137. The van der Waals surface area contributed by atoms with Crippen LogP contribution in [-0.4, -0.2) is 59.6 Å². The van der Waals surface area contributed by atoms with E-state index in [9.17, 15) is 9.59 Å². The second-order valence-electron chi connectivity index (χ2n) is 5.00. The number of hydrogen-bond donors (Lipinski definition) is 3. The zero-order chi connectivity index (χ0) is 14.8. The van der Waals surface area contributed by atoms with Crippen molar-refractivity contribution in [2.45, 2.75) is 6.04 Å². The van der Waals surface area contributed by atoms with Crippen molar-refractivity contribution in [1.82, 2.24) is 25.7 Å². The molecule has 1 aromatic carbocycles. The topological polar surface area (TPSA) is 90.1 Å². The van der Waals surface area contributed by atoms with Crippen molar-refractivity contribution in [2.75, 3.05) is 26.7 Å². The number of aromatic nitrogens is 2. The third-order valence-electron chi connectivity index (χ3n) is 3.74. The molecule has 21 heavy (non-hydrogen) atoms. The van der Waals surface area contributed by atoms with Gasteiger partial charge in [-0.3, -0.25) is 14.7 Å². The molecule has 3 N–H and O–H groups in total. The lowest BCUT2D eigenvalue weighted by atomic mass is 10.1. The van der Waals surface area contributed by atoms with Crippen LogP contribution in [0.4, 0.5) is 0 Å². The molecule has 0 saturated carbocycles. The van der Waals surface area contributed by atoms with Gasteiger partial charge in [-0.1, -0.05) is 6.07 Å². The number of amides is 2. The van der Waals surface area contributed by atoms with Crippen LogP contribution < -0.4 is 10.6 Å². The summed E-state index contributed by atoms with van der Waals surface area (Å²) in [5.74, 6) is -0.292. The average molecular weight is 287 g/mol. The van der Waals surface area contributed by atoms with Crippen molar-refractivity contribution in [3.8, 4) is 0 Å². The third kappa shape index (κ3) is 2.47. The summed E-state index contributed by atoms with van der Waals surface area (Å²) in [6.07, 6.45) is 1.71. The van der Waals surface area contributed by atoms with Crippen molar-refractivity contribution in [3.63, 3.8) is 0 Å². The number of aromatic amines is 1. The van der Waals surface area contributed by atoms with Crippen molar-refractivity contribution in [2.24, 2.45) is 0 Å². The Labute approximate surface area is 121 Å². The molecule has 1 aliphatic rings. The van der Waals surface area contributed by atoms with Gasteiger partial charge in [0.2, 0.25) is 5.91 Å². The molecular weight excluding hydrogens is 270 g/mol. The number of nitrogens with one attached hydrogen (secondary N) is 3. The van der Waals surface area contributed by atoms with Crippen LogP contribution in [0.1, 0.15) is 10.4 Å². The van der Waals surface area contributed by atoms with Gasteiger partial charge < -0.3 is 15.5 Å². The molecule has 7 heteroatoms. The van der Waals surface area contributed by atoms with E-state index >= 15 is 0 Å². The van der Waals surface area contributed by atoms with E-state index in [1.165, 1.54) is 0 Å². The second kappa shape index (κ2) is 5.53. The standard InChI is InChI=1S/C14H17N5O2/c1-15-13(20)12-8-16-4-5-19(12)14(21)9-2-3-10-7-17-18-11(10)6-9/h2-3,6-7,12,16H,4-5,8H2,1H3,(H,15,20)(H,17,18). The minimum atomic E-state index is -0.478. The summed E-state index contributed by atoms with van der Waals surface area (Å²) >= 11 is 0. The van der Waals surface area contributed by atoms with Crippen molar-refractivity contribution in [1.29, 1.82) is 0 Å². The predicted molar refractivity (Wildman–Crippen MR) is 77.9 cm³/mol. The van der Waals surface area contributed by atoms with E-state index in [1.54, 1.807) is 30.3 Å². The van der Waals surface area contributed by atoms with Crippen LogP contribution >= 0.6 is 0 Å². The van der Waals surface area contributed by atoms with E-state index in [0.717, 1.165) is 10.9 Å². The van der Waals surface area contributed by atoms with Crippen LogP contribution in [0.25, 0.3) is 10.9 Å². The van der Waals surface area contributed by atoms with Gasteiger partial charge >= 0.3 is 0 Å². The van der Waals surface area contributed by atoms with Gasteiger partial charge in [0, 0.05) is 37.6 Å². The maximum absolute atomic E-state index is 12.7. The maximum atomic E-state index is 12.7. The number of fused-ring (bicyclic) bond motifs is 1. The van der Waals surface area contributed by atoms with Crippen molar-refractivity contribution >= 4 is 22.7 Å². The number of H-pyrrole nitrogens is 1. The lowest BCUT2D eigenvalue weighted by Crippen LogP contribution is -2.59. The first kappa shape index (κ1) is 13.6. The van der Waals surface area contributed by atoms with Gasteiger partial charge in [0.1, 0.15) is 6.04 Å². The largest absolute Gasteiger partial charge is 0.357 e. The number of rotatable bonds is 2. The van der Waals surface area contributed by atoms with E-state index in [0.29, 0.717) is 25.2 Å². The highest BCUT2D eigenvalue weighted by molar-refractivity contribution is 6.00. The number of likely N-dealkylation sites (N-methyl/N-ethyl adjacent to an activating group) is 1. The first-order chi connectivity index (χ1) is 10.2. The monoisotopic (exact) mass is 287 g/mol. The number of nitrogens with zero attached hydrogens (tertiary/aromatic N) is 2. The van der Waals surface area contributed by atoms with Crippen LogP contribution in [-0.2, 0) is 4.79 Å². The highest BCUT2D eigenvalue weighted by Gasteiger charge is 2.32. The Kier molecular flexibility index (Phi) is 3.57. The van der Waals surface area contributed by atoms with Crippen LogP contribution in [0, 0.1) is 0 Å². The quantitative estimate of drug-likeness (QED) is 0.709. The van der Waals surface area contributed by atoms with Crippen molar-refractivity contribution in [3.05, 3.63) is 30.0 Å². The van der Waals surface area contributed by atoms with Gasteiger partial charge in [0.25, 0.3) is 5.91 Å². The molecule has 1 atom stereocenters. The summed E-state index contributed by atoms with van der Waals surface area (Å²) in [6.45, 7) is 1.67. The number of hydrogen-bond acceptors (Lipinski definition) is 4. The zero-order valence-electron chi connectivity index (χ0n) is 11.7. The Balaban J connectivity index is 1.89. The number of piperazine rings is 1. The number of benzene rings is 1. The van der Waals surface area contributed by atoms with Gasteiger partial charge in [-0.25, -0.2) is 0 Å². The molecule has 2 amide bonds. The van der Waals surface area contributed by atoms with Gasteiger partial charge in [-0.05, 0) is 12.1 Å². The zero-order valence-corrected chi connectivity index (χ0v) is 11.7. The smallest absolute Gasteiger partial charge is 0.254 e. The summed E-state index contributed by atoms with van der Waals surface area (Å²) in [5, 5.41) is 13.5. The van der Waals surface area contributed by atoms with E-state index in [4.69, 9.17) is 0 Å². The molecule has 0 bridgehead atoms. The summed E-state index contributed by atoms with van der Waals surface area (Å²) in [5.41, 5.74) is 1.37. The lowest BCUT2D eigenvalue weighted by Gasteiger charge is -2.35. The molecule has 1 aliphatic heterocycles. The number of carbonyl (C=O) groups excluding carboxylic acids is 2. The summed E-state index contributed by atoms with van der Waals surface area (Å²) < 4.78 is 0. The Morgan fingerprint density at radius 1 is 1.43 bits per heavy atom. The molecule has 1 saturated heterocycles. The van der Waals surface area contributed by atoms with E-state index in [1.807, 2.05) is 6.07 Å². The summed E-state index contributed by atoms with van der Waals surface area (Å²) in [4.78, 5) is 26.2. The molecule has 7 nitrogen and oxygen atoms in total. The fraction of sp³-hybridized carbons (Fsp3) is 0.357. The van der Waals surface area contributed by atoms with Gasteiger partial charge in [0.15, 0.2) is 0 Å². The third-order valence-corrected chi connectivity index (χ3v) is 3.74.